The Kier molecular flexibility index (Phi) is 6.45. The number of carbonyl (C=O) groups excluding carboxylic acids is 2. The molecule has 0 aliphatic rings. The SMILES string of the molecule is Cc1cc2occ(CC(=O)Nc3ccc(OCC(=O)N(C)C)cc3)c2cc1C(C)C. The molecule has 158 valence electrons. The minimum Gasteiger partial charge on any atom is -0.484 e. The summed E-state index contributed by atoms with van der Waals surface area (Å²) >= 11 is 0. The van der Waals surface area contributed by atoms with Gasteiger partial charge in [-0.2, -0.15) is 0 Å². The Morgan fingerprint density at radius 3 is 2.47 bits per heavy atom. The first-order valence-electron chi connectivity index (χ1n) is 9.98. The summed E-state index contributed by atoms with van der Waals surface area (Å²) in [6.07, 6.45) is 1.88. The summed E-state index contributed by atoms with van der Waals surface area (Å²) in [5.41, 5.74) is 4.78. The molecule has 0 spiro atoms. The van der Waals surface area contributed by atoms with E-state index < -0.39 is 0 Å². The first-order chi connectivity index (χ1) is 14.2. The summed E-state index contributed by atoms with van der Waals surface area (Å²) in [7, 11) is 3.36. The van der Waals surface area contributed by atoms with Crippen molar-refractivity contribution >= 4 is 28.5 Å². The zero-order valence-electron chi connectivity index (χ0n) is 18.1. The lowest BCUT2D eigenvalue weighted by molar-refractivity contribution is -0.130. The van der Waals surface area contributed by atoms with Crippen LogP contribution in [-0.2, 0) is 16.0 Å². The van der Waals surface area contributed by atoms with Gasteiger partial charge < -0.3 is 19.4 Å². The number of rotatable bonds is 7. The van der Waals surface area contributed by atoms with Crippen LogP contribution in [0.2, 0.25) is 0 Å². The maximum absolute atomic E-state index is 12.5. The van der Waals surface area contributed by atoms with Gasteiger partial charge in [0.1, 0.15) is 11.3 Å². The highest BCUT2D eigenvalue weighted by molar-refractivity contribution is 5.95. The molecule has 0 fully saturated rings. The number of carbonyl (C=O) groups is 2. The van der Waals surface area contributed by atoms with E-state index >= 15 is 0 Å². The molecule has 1 heterocycles. The molecule has 1 aromatic heterocycles. The van der Waals surface area contributed by atoms with E-state index in [2.05, 4.69) is 32.2 Å². The van der Waals surface area contributed by atoms with Crippen molar-refractivity contribution in [1.29, 1.82) is 0 Å². The molecule has 0 unspecified atom stereocenters. The predicted octanol–water partition coefficient (Wildman–Crippen LogP) is 4.51. The molecule has 6 heteroatoms. The Morgan fingerprint density at radius 1 is 1.13 bits per heavy atom. The highest BCUT2D eigenvalue weighted by Gasteiger charge is 2.14. The molecule has 0 aliphatic carbocycles. The second-order valence-corrected chi connectivity index (χ2v) is 7.95. The number of nitrogens with one attached hydrogen (secondary N) is 1. The van der Waals surface area contributed by atoms with E-state index in [1.807, 2.05) is 6.07 Å². The van der Waals surface area contributed by atoms with Crippen LogP contribution in [0.15, 0.2) is 47.1 Å². The number of aryl methyl sites for hydroxylation is 1. The Hall–Kier alpha value is -3.28. The van der Waals surface area contributed by atoms with Crippen molar-refractivity contribution in [2.24, 2.45) is 0 Å². The number of fused-ring (bicyclic) bond motifs is 1. The Balaban J connectivity index is 1.64. The molecular formula is C24H28N2O4. The Bertz CT molecular complexity index is 1050. The molecule has 0 radical (unpaired) electrons. The minimum atomic E-state index is -0.124. The fourth-order valence-corrected chi connectivity index (χ4v) is 3.29. The summed E-state index contributed by atoms with van der Waals surface area (Å²) in [5, 5.41) is 3.87. The average molecular weight is 408 g/mol. The molecular weight excluding hydrogens is 380 g/mol. The van der Waals surface area contributed by atoms with Crippen molar-refractivity contribution in [3.63, 3.8) is 0 Å². The highest BCUT2D eigenvalue weighted by atomic mass is 16.5. The van der Waals surface area contributed by atoms with E-state index in [-0.39, 0.29) is 24.8 Å². The summed E-state index contributed by atoms with van der Waals surface area (Å²) in [6, 6.07) is 11.1. The first kappa shape index (κ1) is 21.4. The summed E-state index contributed by atoms with van der Waals surface area (Å²) in [5.74, 6) is 0.733. The van der Waals surface area contributed by atoms with Gasteiger partial charge in [0.05, 0.1) is 12.7 Å². The molecule has 1 N–H and O–H groups in total. The minimum absolute atomic E-state index is 0.0237. The van der Waals surface area contributed by atoms with Crippen molar-refractivity contribution < 1.29 is 18.7 Å². The van der Waals surface area contributed by atoms with Gasteiger partial charge in [0, 0.05) is 30.7 Å². The predicted molar refractivity (Wildman–Crippen MR) is 118 cm³/mol. The van der Waals surface area contributed by atoms with Gasteiger partial charge in [-0.1, -0.05) is 13.8 Å². The molecule has 3 rings (SSSR count). The van der Waals surface area contributed by atoms with Crippen molar-refractivity contribution in [2.45, 2.75) is 33.1 Å². The van der Waals surface area contributed by atoms with Crippen LogP contribution in [0.4, 0.5) is 5.69 Å². The van der Waals surface area contributed by atoms with Crippen molar-refractivity contribution in [3.05, 3.63) is 59.4 Å². The zero-order valence-corrected chi connectivity index (χ0v) is 18.1. The van der Waals surface area contributed by atoms with Gasteiger partial charge in [-0.15, -0.1) is 0 Å². The van der Waals surface area contributed by atoms with E-state index in [0.29, 0.717) is 17.4 Å². The summed E-state index contributed by atoms with van der Waals surface area (Å²) in [6.45, 7) is 6.37. The Labute approximate surface area is 176 Å². The van der Waals surface area contributed by atoms with Crippen molar-refractivity contribution in [3.8, 4) is 5.75 Å². The van der Waals surface area contributed by atoms with E-state index in [0.717, 1.165) is 16.5 Å². The van der Waals surface area contributed by atoms with Crippen molar-refractivity contribution in [2.75, 3.05) is 26.0 Å². The van der Waals surface area contributed by atoms with Gasteiger partial charge in [-0.25, -0.2) is 0 Å². The van der Waals surface area contributed by atoms with Gasteiger partial charge in [0.25, 0.3) is 5.91 Å². The largest absolute Gasteiger partial charge is 0.484 e. The van der Waals surface area contributed by atoms with Crippen LogP contribution in [0.5, 0.6) is 5.75 Å². The first-order valence-corrected chi connectivity index (χ1v) is 9.98. The van der Waals surface area contributed by atoms with Gasteiger partial charge in [0.15, 0.2) is 6.61 Å². The number of amides is 2. The molecule has 0 saturated carbocycles. The maximum Gasteiger partial charge on any atom is 0.259 e. The van der Waals surface area contributed by atoms with Crippen LogP contribution in [0.25, 0.3) is 11.0 Å². The topological polar surface area (TPSA) is 71.8 Å². The number of furan rings is 1. The highest BCUT2D eigenvalue weighted by Crippen LogP contribution is 2.29. The number of benzene rings is 2. The lowest BCUT2D eigenvalue weighted by atomic mass is 9.95. The van der Waals surface area contributed by atoms with Crippen LogP contribution in [-0.4, -0.2) is 37.4 Å². The van der Waals surface area contributed by atoms with E-state index in [1.54, 1.807) is 44.6 Å². The third-order valence-electron chi connectivity index (χ3n) is 5.01. The van der Waals surface area contributed by atoms with E-state index in [1.165, 1.54) is 16.0 Å². The number of anilines is 1. The molecule has 0 atom stereocenters. The van der Waals surface area contributed by atoms with E-state index in [9.17, 15) is 9.59 Å². The number of ether oxygens (including phenoxy) is 1. The molecule has 6 nitrogen and oxygen atoms in total. The molecule has 2 amide bonds. The fourth-order valence-electron chi connectivity index (χ4n) is 3.29. The summed E-state index contributed by atoms with van der Waals surface area (Å²) < 4.78 is 11.1. The second-order valence-electron chi connectivity index (χ2n) is 7.95. The fraction of sp³-hybridized carbons (Fsp3) is 0.333. The molecule has 0 saturated heterocycles. The maximum atomic E-state index is 12.5. The number of hydrogen-bond acceptors (Lipinski definition) is 4. The number of likely N-dealkylation sites (N-methyl/N-ethyl adjacent to an activating group) is 1. The molecule has 30 heavy (non-hydrogen) atoms. The van der Waals surface area contributed by atoms with Crippen LogP contribution >= 0.6 is 0 Å². The number of hydrogen-bond donors (Lipinski definition) is 1. The molecule has 3 aromatic rings. The third-order valence-corrected chi connectivity index (χ3v) is 5.01. The van der Waals surface area contributed by atoms with Crippen LogP contribution in [0, 0.1) is 6.92 Å². The van der Waals surface area contributed by atoms with E-state index in [4.69, 9.17) is 9.15 Å². The Morgan fingerprint density at radius 2 is 1.83 bits per heavy atom. The van der Waals surface area contributed by atoms with Crippen LogP contribution in [0.3, 0.4) is 0 Å². The third kappa shape index (κ3) is 5.00. The van der Waals surface area contributed by atoms with Gasteiger partial charge in [-0.3, -0.25) is 9.59 Å². The monoisotopic (exact) mass is 408 g/mol. The van der Waals surface area contributed by atoms with Crippen LogP contribution < -0.4 is 10.1 Å². The zero-order chi connectivity index (χ0) is 21.8. The lowest BCUT2D eigenvalue weighted by Gasteiger charge is -2.12. The molecule has 0 bridgehead atoms. The normalized spacial score (nSPS) is 11.0. The second kappa shape index (κ2) is 9.03. The average Bonchev–Trinajstić information content (AvgIpc) is 3.07. The summed E-state index contributed by atoms with van der Waals surface area (Å²) in [4.78, 5) is 25.6. The quantitative estimate of drug-likeness (QED) is 0.624. The standard InChI is InChI=1S/C24H28N2O4/c1-15(2)20-12-21-17(13-30-22(21)10-16(20)3)11-23(27)25-18-6-8-19(9-7-18)29-14-24(28)26(4)5/h6-10,12-13,15H,11,14H2,1-5H3,(H,25,27). The molecule has 2 aromatic carbocycles. The van der Waals surface area contributed by atoms with Crippen LogP contribution in [0.1, 0.15) is 36.5 Å². The molecule has 0 aliphatic heterocycles. The lowest BCUT2D eigenvalue weighted by Crippen LogP contribution is -2.27. The van der Waals surface area contributed by atoms with Gasteiger partial charge in [-0.05, 0) is 60.4 Å². The smallest absolute Gasteiger partial charge is 0.259 e. The van der Waals surface area contributed by atoms with Gasteiger partial charge >= 0.3 is 0 Å². The van der Waals surface area contributed by atoms with Gasteiger partial charge in [0.2, 0.25) is 5.91 Å². The number of nitrogens with zero attached hydrogens (tertiary/aromatic N) is 1. The van der Waals surface area contributed by atoms with Crippen molar-refractivity contribution in [1.82, 2.24) is 4.90 Å².